The fourth-order valence-electron chi connectivity index (χ4n) is 2.50. The summed E-state index contributed by atoms with van der Waals surface area (Å²) in [6, 6.07) is 0.602. The van der Waals surface area contributed by atoms with Gasteiger partial charge in [-0.3, -0.25) is 0 Å². The van der Waals surface area contributed by atoms with Crippen molar-refractivity contribution in [1.29, 1.82) is 0 Å². The first kappa shape index (κ1) is 12.1. The van der Waals surface area contributed by atoms with E-state index in [0.29, 0.717) is 6.04 Å². The van der Waals surface area contributed by atoms with Crippen LogP contribution in [-0.4, -0.2) is 23.1 Å². The minimum absolute atomic E-state index is 0.602. The first-order valence-corrected chi connectivity index (χ1v) is 6.63. The van der Waals surface area contributed by atoms with Gasteiger partial charge in [0, 0.05) is 18.7 Å². The second-order valence-electron chi connectivity index (χ2n) is 4.68. The summed E-state index contributed by atoms with van der Waals surface area (Å²) in [6.45, 7) is 2.19. The largest absolute Gasteiger partial charge is 0.373 e. The summed E-state index contributed by atoms with van der Waals surface area (Å²) in [5.41, 5.74) is 1.23. The third-order valence-electron chi connectivity index (χ3n) is 3.38. The molecule has 2 rings (SSSR count). The van der Waals surface area contributed by atoms with E-state index in [1.165, 1.54) is 31.2 Å². The lowest BCUT2D eigenvalue weighted by molar-refractivity contribution is 0.745. The van der Waals surface area contributed by atoms with Gasteiger partial charge in [0.15, 0.2) is 0 Å². The predicted molar refractivity (Wildman–Crippen MR) is 71.5 cm³/mol. The molecule has 0 radical (unpaired) electrons. The van der Waals surface area contributed by atoms with Gasteiger partial charge in [-0.05, 0) is 19.3 Å². The van der Waals surface area contributed by atoms with E-state index in [-0.39, 0.29) is 0 Å². The van der Waals surface area contributed by atoms with Crippen LogP contribution in [0.15, 0.2) is 6.33 Å². The highest BCUT2D eigenvalue weighted by Crippen LogP contribution is 2.26. The number of nitrogens with zero attached hydrogens (tertiary/aromatic N) is 2. The van der Waals surface area contributed by atoms with Gasteiger partial charge in [-0.2, -0.15) is 0 Å². The standard InChI is InChI=1S/C13H22N4/c1-3-6-11-12(14-2)15-9-16-13(11)17-10-7-4-5-8-10/h9-10H,3-8H2,1-2H3,(H2,14,15,16,17). The van der Waals surface area contributed by atoms with E-state index in [1.54, 1.807) is 6.33 Å². The molecule has 0 bridgehead atoms. The van der Waals surface area contributed by atoms with Crippen molar-refractivity contribution < 1.29 is 0 Å². The predicted octanol–water partition coefficient (Wildman–Crippen LogP) is 2.83. The molecule has 0 spiro atoms. The Kier molecular flexibility index (Phi) is 4.18. The van der Waals surface area contributed by atoms with E-state index < -0.39 is 0 Å². The molecule has 17 heavy (non-hydrogen) atoms. The molecule has 0 amide bonds. The summed E-state index contributed by atoms with van der Waals surface area (Å²) < 4.78 is 0. The van der Waals surface area contributed by atoms with Gasteiger partial charge >= 0.3 is 0 Å². The van der Waals surface area contributed by atoms with Crippen LogP contribution in [0.25, 0.3) is 0 Å². The average Bonchev–Trinajstić information content (AvgIpc) is 2.84. The number of rotatable bonds is 5. The normalized spacial score (nSPS) is 16.1. The molecule has 1 aliphatic carbocycles. The molecule has 0 aromatic carbocycles. The van der Waals surface area contributed by atoms with Gasteiger partial charge in [0.1, 0.15) is 18.0 Å². The zero-order valence-electron chi connectivity index (χ0n) is 10.8. The summed E-state index contributed by atoms with van der Waals surface area (Å²) in [5, 5.41) is 6.73. The second kappa shape index (κ2) is 5.84. The lowest BCUT2D eigenvalue weighted by Crippen LogP contribution is -2.18. The molecule has 0 unspecified atom stereocenters. The van der Waals surface area contributed by atoms with Crippen molar-refractivity contribution in [2.75, 3.05) is 17.7 Å². The van der Waals surface area contributed by atoms with E-state index >= 15 is 0 Å². The quantitative estimate of drug-likeness (QED) is 0.822. The minimum atomic E-state index is 0.602. The van der Waals surface area contributed by atoms with Crippen LogP contribution < -0.4 is 10.6 Å². The van der Waals surface area contributed by atoms with Crippen molar-refractivity contribution in [2.24, 2.45) is 0 Å². The van der Waals surface area contributed by atoms with Crippen LogP contribution in [0.2, 0.25) is 0 Å². The van der Waals surface area contributed by atoms with Crippen LogP contribution in [0.5, 0.6) is 0 Å². The van der Waals surface area contributed by atoms with Crippen LogP contribution in [0.3, 0.4) is 0 Å². The highest BCUT2D eigenvalue weighted by atomic mass is 15.1. The lowest BCUT2D eigenvalue weighted by Gasteiger charge is -2.17. The summed E-state index contributed by atoms with van der Waals surface area (Å²) in [7, 11) is 1.92. The number of anilines is 2. The molecule has 1 aliphatic rings. The molecule has 0 aliphatic heterocycles. The van der Waals surface area contributed by atoms with Crippen molar-refractivity contribution in [1.82, 2.24) is 9.97 Å². The summed E-state index contributed by atoms with van der Waals surface area (Å²) >= 11 is 0. The molecular formula is C13H22N4. The maximum atomic E-state index is 4.41. The summed E-state index contributed by atoms with van der Waals surface area (Å²) in [4.78, 5) is 8.70. The molecule has 1 fully saturated rings. The molecule has 1 heterocycles. The minimum Gasteiger partial charge on any atom is -0.373 e. The van der Waals surface area contributed by atoms with Gasteiger partial charge in [-0.25, -0.2) is 9.97 Å². The molecule has 2 N–H and O–H groups in total. The fraction of sp³-hybridized carbons (Fsp3) is 0.692. The molecule has 4 nitrogen and oxygen atoms in total. The van der Waals surface area contributed by atoms with Crippen molar-refractivity contribution in [3.05, 3.63) is 11.9 Å². The number of hydrogen-bond donors (Lipinski definition) is 2. The smallest absolute Gasteiger partial charge is 0.134 e. The number of aromatic nitrogens is 2. The van der Waals surface area contributed by atoms with E-state index in [1.807, 2.05) is 7.05 Å². The van der Waals surface area contributed by atoms with Gasteiger partial charge in [-0.15, -0.1) is 0 Å². The summed E-state index contributed by atoms with van der Waals surface area (Å²) in [5.74, 6) is 1.99. The third-order valence-corrected chi connectivity index (χ3v) is 3.38. The first-order chi connectivity index (χ1) is 8.35. The molecular weight excluding hydrogens is 212 g/mol. The van der Waals surface area contributed by atoms with Crippen LogP contribution in [0.1, 0.15) is 44.6 Å². The van der Waals surface area contributed by atoms with E-state index in [4.69, 9.17) is 0 Å². The highest BCUT2D eigenvalue weighted by molar-refractivity contribution is 5.57. The monoisotopic (exact) mass is 234 g/mol. The lowest BCUT2D eigenvalue weighted by atomic mass is 10.1. The van der Waals surface area contributed by atoms with Crippen molar-refractivity contribution in [2.45, 2.75) is 51.5 Å². The van der Waals surface area contributed by atoms with Gasteiger partial charge in [0.2, 0.25) is 0 Å². The summed E-state index contributed by atoms with van der Waals surface area (Å²) in [6.07, 6.45) is 8.99. The molecule has 1 aromatic rings. The zero-order valence-corrected chi connectivity index (χ0v) is 10.8. The molecule has 1 saturated carbocycles. The Morgan fingerprint density at radius 2 is 1.94 bits per heavy atom. The van der Waals surface area contributed by atoms with Crippen molar-refractivity contribution in [3.63, 3.8) is 0 Å². The Morgan fingerprint density at radius 3 is 2.59 bits per heavy atom. The Labute approximate surface area is 103 Å². The zero-order chi connectivity index (χ0) is 12.1. The first-order valence-electron chi connectivity index (χ1n) is 6.63. The Morgan fingerprint density at radius 1 is 1.24 bits per heavy atom. The molecule has 0 saturated heterocycles. The Bertz CT molecular complexity index is 358. The molecule has 1 aromatic heterocycles. The fourth-order valence-corrected chi connectivity index (χ4v) is 2.50. The SMILES string of the molecule is CCCc1c(NC)ncnc1NC1CCCC1. The molecule has 4 heteroatoms. The van der Waals surface area contributed by atoms with E-state index in [9.17, 15) is 0 Å². The molecule has 0 atom stereocenters. The second-order valence-corrected chi connectivity index (χ2v) is 4.68. The van der Waals surface area contributed by atoms with E-state index in [0.717, 1.165) is 24.5 Å². The Balaban J connectivity index is 2.18. The average molecular weight is 234 g/mol. The van der Waals surface area contributed by atoms with Crippen molar-refractivity contribution >= 4 is 11.6 Å². The van der Waals surface area contributed by atoms with Crippen LogP contribution in [-0.2, 0) is 6.42 Å². The Hall–Kier alpha value is -1.32. The maximum Gasteiger partial charge on any atom is 0.134 e. The number of nitrogens with one attached hydrogen (secondary N) is 2. The van der Waals surface area contributed by atoms with Crippen LogP contribution in [0, 0.1) is 0 Å². The van der Waals surface area contributed by atoms with E-state index in [2.05, 4.69) is 27.5 Å². The molecule has 94 valence electrons. The van der Waals surface area contributed by atoms with Gasteiger partial charge < -0.3 is 10.6 Å². The van der Waals surface area contributed by atoms with Crippen LogP contribution >= 0.6 is 0 Å². The number of hydrogen-bond acceptors (Lipinski definition) is 4. The van der Waals surface area contributed by atoms with Gasteiger partial charge in [0.05, 0.1) is 0 Å². The maximum absolute atomic E-state index is 4.41. The topological polar surface area (TPSA) is 49.8 Å². The van der Waals surface area contributed by atoms with Gasteiger partial charge in [-0.1, -0.05) is 26.2 Å². The van der Waals surface area contributed by atoms with Crippen LogP contribution in [0.4, 0.5) is 11.6 Å². The third kappa shape index (κ3) is 2.87. The van der Waals surface area contributed by atoms with Crippen molar-refractivity contribution in [3.8, 4) is 0 Å². The van der Waals surface area contributed by atoms with Gasteiger partial charge in [0.25, 0.3) is 0 Å². The highest BCUT2D eigenvalue weighted by Gasteiger charge is 2.17.